The number of hydrogen-bond acceptors (Lipinski definition) is 2. The number of ether oxygens (including phenoxy) is 2. The summed E-state index contributed by atoms with van der Waals surface area (Å²) < 4.78 is 23.7. The van der Waals surface area contributed by atoms with Crippen molar-refractivity contribution < 1.29 is 13.9 Å². The largest absolute Gasteiger partial charge is 0.496 e. The highest BCUT2D eigenvalue weighted by molar-refractivity contribution is 5.72. The first-order chi connectivity index (χ1) is 11.8. The van der Waals surface area contributed by atoms with E-state index in [9.17, 15) is 4.39 Å². The molecular formula is C21H21FO2. The van der Waals surface area contributed by atoms with Crippen LogP contribution in [0.5, 0.6) is 0 Å². The van der Waals surface area contributed by atoms with Crippen LogP contribution in [-0.4, -0.2) is 20.3 Å². The molecule has 0 radical (unpaired) electrons. The van der Waals surface area contributed by atoms with E-state index in [-0.39, 0.29) is 5.82 Å². The Bertz CT molecular complexity index is 727. The summed E-state index contributed by atoms with van der Waals surface area (Å²) in [4.78, 5) is 0. The van der Waals surface area contributed by atoms with Gasteiger partial charge in [0.1, 0.15) is 12.4 Å². The van der Waals surface area contributed by atoms with Crippen molar-refractivity contribution in [3.8, 4) is 11.1 Å². The van der Waals surface area contributed by atoms with Gasteiger partial charge >= 0.3 is 0 Å². The Morgan fingerprint density at radius 1 is 0.792 bits per heavy atom. The fourth-order valence-electron chi connectivity index (χ4n) is 2.75. The Hall–Kier alpha value is -2.39. The van der Waals surface area contributed by atoms with Crippen molar-refractivity contribution in [1.29, 1.82) is 0 Å². The second kappa shape index (κ2) is 7.93. The molecule has 0 saturated carbocycles. The molecule has 0 bridgehead atoms. The van der Waals surface area contributed by atoms with Crippen molar-refractivity contribution >= 4 is 5.57 Å². The predicted octanol–water partition coefficient (Wildman–Crippen LogP) is 5.22. The highest BCUT2D eigenvalue weighted by atomic mass is 19.1. The predicted molar refractivity (Wildman–Crippen MR) is 95.0 cm³/mol. The monoisotopic (exact) mass is 324 g/mol. The van der Waals surface area contributed by atoms with E-state index in [1.54, 1.807) is 19.2 Å². The van der Waals surface area contributed by atoms with Gasteiger partial charge in [0.2, 0.25) is 0 Å². The summed E-state index contributed by atoms with van der Waals surface area (Å²) in [6, 6.07) is 15.0. The Labute approximate surface area is 142 Å². The number of rotatable bonds is 6. The van der Waals surface area contributed by atoms with Crippen LogP contribution in [-0.2, 0) is 9.47 Å². The number of allylic oxidation sites excluding steroid dienone is 4. The van der Waals surface area contributed by atoms with Crippen LogP contribution in [0.4, 0.5) is 4.39 Å². The molecule has 0 aromatic heterocycles. The fourth-order valence-corrected chi connectivity index (χ4v) is 2.75. The van der Waals surface area contributed by atoms with Crippen molar-refractivity contribution in [1.82, 2.24) is 0 Å². The molecule has 0 unspecified atom stereocenters. The zero-order chi connectivity index (χ0) is 16.8. The maximum Gasteiger partial charge on any atom is 0.123 e. The first-order valence-corrected chi connectivity index (χ1v) is 8.14. The first kappa shape index (κ1) is 16.5. The van der Waals surface area contributed by atoms with Gasteiger partial charge in [-0.05, 0) is 46.9 Å². The van der Waals surface area contributed by atoms with Gasteiger partial charge in [-0.15, -0.1) is 0 Å². The van der Waals surface area contributed by atoms with E-state index >= 15 is 0 Å². The lowest BCUT2D eigenvalue weighted by atomic mass is 9.94. The highest BCUT2D eigenvalue weighted by Gasteiger charge is 2.09. The molecule has 1 aliphatic rings. The van der Waals surface area contributed by atoms with Crippen LogP contribution >= 0.6 is 0 Å². The van der Waals surface area contributed by atoms with E-state index in [1.165, 1.54) is 23.3 Å². The minimum absolute atomic E-state index is 0.210. The van der Waals surface area contributed by atoms with Crippen LogP contribution in [0.3, 0.4) is 0 Å². The summed E-state index contributed by atoms with van der Waals surface area (Å²) in [6.45, 7) is 1.20. The minimum atomic E-state index is -0.210. The third-order valence-corrected chi connectivity index (χ3v) is 4.12. The second-order valence-corrected chi connectivity index (χ2v) is 5.75. The molecule has 0 saturated heterocycles. The summed E-state index contributed by atoms with van der Waals surface area (Å²) in [7, 11) is 1.67. The lowest BCUT2D eigenvalue weighted by molar-refractivity contribution is 0.106. The van der Waals surface area contributed by atoms with Gasteiger partial charge in [0.15, 0.2) is 0 Å². The van der Waals surface area contributed by atoms with Crippen LogP contribution in [0.2, 0.25) is 0 Å². The van der Waals surface area contributed by atoms with Crippen molar-refractivity contribution in [2.24, 2.45) is 0 Å². The molecule has 0 heterocycles. The molecule has 1 aliphatic carbocycles. The zero-order valence-corrected chi connectivity index (χ0v) is 13.8. The topological polar surface area (TPSA) is 18.5 Å². The fraction of sp³-hybridized carbons (Fsp3) is 0.238. The lowest BCUT2D eigenvalue weighted by Crippen LogP contribution is -2.03. The molecule has 24 heavy (non-hydrogen) atoms. The number of halogens is 1. The van der Waals surface area contributed by atoms with E-state index < -0.39 is 0 Å². The third kappa shape index (κ3) is 4.12. The molecule has 0 fully saturated rings. The van der Waals surface area contributed by atoms with Gasteiger partial charge < -0.3 is 9.47 Å². The minimum Gasteiger partial charge on any atom is -0.496 e. The van der Waals surface area contributed by atoms with Gasteiger partial charge in [-0.2, -0.15) is 0 Å². The molecular weight excluding hydrogens is 303 g/mol. The molecule has 2 nitrogen and oxygen atoms in total. The summed E-state index contributed by atoms with van der Waals surface area (Å²) in [6.07, 6.45) is 6.05. The molecule has 0 aliphatic heterocycles. The molecule has 3 heteroatoms. The van der Waals surface area contributed by atoms with Crippen molar-refractivity contribution in [3.63, 3.8) is 0 Å². The third-order valence-electron chi connectivity index (χ3n) is 4.12. The lowest BCUT2D eigenvalue weighted by Gasteiger charge is -2.16. The smallest absolute Gasteiger partial charge is 0.123 e. The molecule has 0 N–H and O–H groups in total. The Morgan fingerprint density at radius 2 is 1.42 bits per heavy atom. The normalized spacial score (nSPS) is 14.1. The number of benzene rings is 2. The van der Waals surface area contributed by atoms with E-state index in [0.29, 0.717) is 13.2 Å². The van der Waals surface area contributed by atoms with E-state index in [0.717, 1.165) is 29.7 Å². The Kier molecular flexibility index (Phi) is 5.44. The summed E-state index contributed by atoms with van der Waals surface area (Å²) in [5.74, 6) is 0.803. The molecule has 3 rings (SSSR count). The van der Waals surface area contributed by atoms with Crippen LogP contribution in [0.15, 0.2) is 66.4 Å². The van der Waals surface area contributed by atoms with Crippen molar-refractivity contribution in [2.75, 3.05) is 20.3 Å². The van der Waals surface area contributed by atoms with Gasteiger partial charge in [0.25, 0.3) is 0 Å². The summed E-state index contributed by atoms with van der Waals surface area (Å²) in [5.41, 5.74) is 4.64. The maximum absolute atomic E-state index is 13.0. The quantitative estimate of drug-likeness (QED) is 0.679. The summed E-state index contributed by atoms with van der Waals surface area (Å²) in [5, 5.41) is 0. The molecule has 0 spiro atoms. The SMILES string of the molecule is COCCOC1=CC=C(c2ccc(-c3ccc(F)cc3)cc2)CC1. The standard InChI is InChI=1S/C21H21FO2/c1-23-14-15-24-21-12-8-19(9-13-21)17-4-2-16(3-5-17)18-6-10-20(22)11-7-18/h2-8,10-12H,9,13-15H2,1H3. The number of hydrogen-bond donors (Lipinski definition) is 0. The van der Waals surface area contributed by atoms with Gasteiger partial charge in [-0.3, -0.25) is 0 Å². The Morgan fingerprint density at radius 3 is 2.00 bits per heavy atom. The molecule has 2 aromatic rings. The van der Waals surface area contributed by atoms with Crippen LogP contribution < -0.4 is 0 Å². The molecule has 0 amide bonds. The second-order valence-electron chi connectivity index (χ2n) is 5.75. The summed E-state index contributed by atoms with van der Waals surface area (Å²) >= 11 is 0. The average Bonchev–Trinajstić information content (AvgIpc) is 2.63. The highest BCUT2D eigenvalue weighted by Crippen LogP contribution is 2.29. The number of methoxy groups -OCH3 is 1. The van der Waals surface area contributed by atoms with Gasteiger partial charge in [0.05, 0.1) is 12.4 Å². The van der Waals surface area contributed by atoms with E-state index in [2.05, 4.69) is 30.3 Å². The van der Waals surface area contributed by atoms with E-state index in [1.807, 2.05) is 6.08 Å². The van der Waals surface area contributed by atoms with Crippen LogP contribution in [0.25, 0.3) is 16.7 Å². The van der Waals surface area contributed by atoms with E-state index in [4.69, 9.17) is 9.47 Å². The van der Waals surface area contributed by atoms with Gasteiger partial charge in [-0.1, -0.05) is 42.5 Å². The molecule has 0 atom stereocenters. The maximum atomic E-state index is 13.0. The first-order valence-electron chi connectivity index (χ1n) is 8.14. The van der Waals surface area contributed by atoms with Crippen LogP contribution in [0.1, 0.15) is 18.4 Å². The molecule has 2 aromatic carbocycles. The van der Waals surface area contributed by atoms with Crippen LogP contribution in [0, 0.1) is 5.82 Å². The van der Waals surface area contributed by atoms with Crippen molar-refractivity contribution in [3.05, 3.63) is 77.8 Å². The molecule has 124 valence electrons. The Balaban J connectivity index is 1.69. The van der Waals surface area contributed by atoms with Crippen molar-refractivity contribution in [2.45, 2.75) is 12.8 Å². The van der Waals surface area contributed by atoms with Gasteiger partial charge in [0, 0.05) is 13.5 Å². The average molecular weight is 324 g/mol. The zero-order valence-electron chi connectivity index (χ0n) is 13.8. The van der Waals surface area contributed by atoms with Gasteiger partial charge in [-0.25, -0.2) is 4.39 Å².